The molecule has 1 aliphatic rings. The monoisotopic (exact) mass is 283 g/mol. The zero-order chi connectivity index (χ0) is 13.5. The van der Waals surface area contributed by atoms with Gasteiger partial charge in [-0.3, -0.25) is 10.1 Å². The molecule has 0 aliphatic heterocycles. The van der Waals surface area contributed by atoms with Gasteiger partial charge in [-0.1, -0.05) is 24.4 Å². The lowest BCUT2D eigenvalue weighted by Gasteiger charge is -2.09. The maximum atomic E-state index is 12.7. The third-order valence-corrected chi connectivity index (χ3v) is 3.30. The Kier molecular flexibility index (Phi) is 3.22. The van der Waals surface area contributed by atoms with Gasteiger partial charge in [0.05, 0.1) is 11.0 Å². The Morgan fingerprint density at radius 1 is 1.39 bits per heavy atom. The van der Waals surface area contributed by atoms with Gasteiger partial charge >= 0.3 is 11.9 Å². The zero-order valence-corrected chi connectivity index (χ0v) is 9.83. The molecule has 1 aromatic rings. The lowest BCUT2D eigenvalue weighted by Crippen LogP contribution is -2.11. The molecule has 0 aromatic carbocycles. The summed E-state index contributed by atoms with van der Waals surface area (Å²) in [6.07, 6.45) is -1.90. The molecule has 1 aliphatic carbocycles. The summed E-state index contributed by atoms with van der Waals surface area (Å²) in [5.41, 5.74) is -2.68. The molecule has 18 heavy (non-hydrogen) atoms. The van der Waals surface area contributed by atoms with Crippen LogP contribution in [0.4, 0.5) is 18.9 Å². The van der Waals surface area contributed by atoms with Crippen LogP contribution in [-0.2, 0) is 6.18 Å². The van der Waals surface area contributed by atoms with Crippen molar-refractivity contribution in [2.24, 2.45) is 0 Å². The van der Waals surface area contributed by atoms with Crippen LogP contribution in [0.3, 0.4) is 0 Å². The first-order valence-corrected chi connectivity index (χ1v) is 5.69. The van der Waals surface area contributed by atoms with E-state index in [4.69, 9.17) is 11.6 Å². The highest BCUT2D eigenvalue weighted by atomic mass is 35.5. The molecule has 5 nitrogen and oxygen atoms in total. The Labute approximate surface area is 105 Å². The first-order chi connectivity index (χ1) is 8.32. The van der Waals surface area contributed by atoms with E-state index in [9.17, 15) is 23.3 Å². The van der Waals surface area contributed by atoms with Gasteiger partial charge in [0.25, 0.3) is 0 Å². The number of nitro groups is 1. The highest BCUT2D eigenvalue weighted by Crippen LogP contribution is 2.42. The van der Waals surface area contributed by atoms with Crippen LogP contribution in [0.5, 0.6) is 0 Å². The highest BCUT2D eigenvalue weighted by molar-refractivity contribution is 6.31. The van der Waals surface area contributed by atoms with Gasteiger partial charge in [-0.15, -0.1) is 0 Å². The minimum atomic E-state index is -4.88. The van der Waals surface area contributed by atoms with Gasteiger partial charge in [0, 0.05) is 0 Å². The number of hydrogen-bond donors (Lipinski definition) is 0. The van der Waals surface area contributed by atoms with Gasteiger partial charge in [-0.2, -0.15) is 18.3 Å². The third kappa shape index (κ3) is 2.16. The topological polar surface area (TPSA) is 61.0 Å². The van der Waals surface area contributed by atoms with Gasteiger partial charge in [-0.05, 0) is 12.8 Å². The van der Waals surface area contributed by atoms with Crippen molar-refractivity contribution in [2.45, 2.75) is 37.9 Å². The number of alkyl halides is 3. The van der Waals surface area contributed by atoms with Crippen LogP contribution in [-0.4, -0.2) is 14.7 Å². The second-order valence-corrected chi connectivity index (χ2v) is 4.48. The fourth-order valence-corrected chi connectivity index (χ4v) is 2.48. The van der Waals surface area contributed by atoms with Crippen LogP contribution in [0.2, 0.25) is 5.15 Å². The Morgan fingerprint density at radius 3 is 2.33 bits per heavy atom. The predicted octanol–water partition coefficient (Wildman–Crippen LogP) is 3.58. The quantitative estimate of drug-likeness (QED) is 0.615. The average molecular weight is 284 g/mol. The zero-order valence-electron chi connectivity index (χ0n) is 9.08. The Hall–Kier alpha value is -1.31. The third-order valence-electron chi connectivity index (χ3n) is 2.95. The Balaban J connectivity index is 2.53. The largest absolute Gasteiger partial charge is 0.442 e. The number of halogens is 4. The normalized spacial score (nSPS) is 17.3. The average Bonchev–Trinajstić information content (AvgIpc) is 2.81. The van der Waals surface area contributed by atoms with E-state index in [1.807, 2.05) is 0 Å². The summed E-state index contributed by atoms with van der Waals surface area (Å²) in [7, 11) is 0. The highest BCUT2D eigenvalue weighted by Gasteiger charge is 2.45. The van der Waals surface area contributed by atoms with Crippen molar-refractivity contribution in [3.8, 4) is 0 Å². The van der Waals surface area contributed by atoms with Crippen LogP contribution in [0.15, 0.2) is 0 Å². The number of rotatable bonds is 2. The van der Waals surface area contributed by atoms with Crippen molar-refractivity contribution < 1.29 is 18.1 Å². The maximum absolute atomic E-state index is 12.7. The predicted molar refractivity (Wildman–Crippen MR) is 56.4 cm³/mol. The van der Waals surface area contributed by atoms with E-state index >= 15 is 0 Å². The van der Waals surface area contributed by atoms with Crippen molar-refractivity contribution in [1.82, 2.24) is 9.78 Å². The van der Waals surface area contributed by atoms with Crippen LogP contribution >= 0.6 is 11.6 Å². The molecule has 1 aromatic heterocycles. The molecule has 9 heteroatoms. The summed E-state index contributed by atoms with van der Waals surface area (Å²) in [5, 5.41) is 13.4. The van der Waals surface area contributed by atoms with E-state index in [1.54, 1.807) is 0 Å². The van der Waals surface area contributed by atoms with Crippen molar-refractivity contribution in [3.63, 3.8) is 0 Å². The van der Waals surface area contributed by atoms with Gasteiger partial charge in [0.15, 0.2) is 0 Å². The summed E-state index contributed by atoms with van der Waals surface area (Å²) in [6, 6.07) is -0.285. The van der Waals surface area contributed by atoms with Crippen LogP contribution in [0.1, 0.15) is 37.4 Å². The van der Waals surface area contributed by atoms with E-state index in [0.717, 1.165) is 17.5 Å². The molecule has 0 spiro atoms. The van der Waals surface area contributed by atoms with Crippen molar-refractivity contribution >= 4 is 17.3 Å². The van der Waals surface area contributed by atoms with E-state index in [2.05, 4.69) is 5.10 Å². The van der Waals surface area contributed by atoms with Crippen LogP contribution in [0.25, 0.3) is 0 Å². The van der Waals surface area contributed by atoms with Crippen molar-refractivity contribution in [1.29, 1.82) is 0 Å². The first kappa shape index (κ1) is 13.1. The summed E-state index contributed by atoms with van der Waals surface area (Å²) < 4.78 is 38.9. The van der Waals surface area contributed by atoms with Crippen LogP contribution < -0.4 is 0 Å². The molecule has 100 valence electrons. The molecule has 1 heterocycles. The van der Waals surface area contributed by atoms with E-state index in [-0.39, 0.29) is 6.04 Å². The molecule has 2 rings (SSSR count). The maximum Gasteiger partial charge on any atom is 0.442 e. The van der Waals surface area contributed by atoms with Crippen molar-refractivity contribution in [3.05, 3.63) is 21.0 Å². The van der Waals surface area contributed by atoms with Crippen molar-refractivity contribution in [2.75, 3.05) is 0 Å². The second-order valence-electron chi connectivity index (χ2n) is 4.13. The lowest BCUT2D eigenvalue weighted by molar-refractivity contribution is -0.388. The molecule has 0 atom stereocenters. The Bertz CT molecular complexity index is 480. The second kappa shape index (κ2) is 4.42. The Morgan fingerprint density at radius 2 is 1.94 bits per heavy atom. The molecular formula is C9H9ClF3N3O2. The molecule has 0 N–H and O–H groups in total. The summed E-state index contributed by atoms with van der Waals surface area (Å²) >= 11 is 5.67. The van der Waals surface area contributed by atoms with E-state index < -0.39 is 27.6 Å². The molecule has 1 fully saturated rings. The number of aromatic nitrogens is 2. The fraction of sp³-hybridized carbons (Fsp3) is 0.667. The standard InChI is InChI=1S/C9H9ClF3N3O2/c10-8-6(16(17)18)7(9(11,12)13)14-15(8)5-3-1-2-4-5/h5H,1-4H2. The van der Waals surface area contributed by atoms with E-state index in [0.29, 0.717) is 12.8 Å². The first-order valence-electron chi connectivity index (χ1n) is 5.32. The molecule has 0 unspecified atom stereocenters. The molecule has 0 radical (unpaired) electrons. The smallest absolute Gasteiger partial charge is 0.258 e. The molecule has 1 saturated carbocycles. The SMILES string of the molecule is O=[N+]([O-])c1c(C(F)(F)F)nn(C2CCCC2)c1Cl. The van der Waals surface area contributed by atoms with E-state index in [1.165, 1.54) is 0 Å². The summed E-state index contributed by atoms with van der Waals surface area (Å²) in [5.74, 6) is 0. The summed E-state index contributed by atoms with van der Waals surface area (Å²) in [6.45, 7) is 0. The fourth-order valence-electron chi connectivity index (χ4n) is 2.15. The molecule has 0 saturated heterocycles. The lowest BCUT2D eigenvalue weighted by atomic mass is 10.3. The number of nitrogens with zero attached hydrogens (tertiary/aromatic N) is 3. The van der Waals surface area contributed by atoms with Gasteiger partial charge in [-0.25, -0.2) is 4.68 Å². The summed E-state index contributed by atoms with van der Waals surface area (Å²) in [4.78, 5) is 9.55. The van der Waals surface area contributed by atoms with Gasteiger partial charge < -0.3 is 0 Å². The van der Waals surface area contributed by atoms with Gasteiger partial charge in [0.2, 0.25) is 10.8 Å². The van der Waals surface area contributed by atoms with Crippen LogP contribution in [0, 0.1) is 10.1 Å². The van der Waals surface area contributed by atoms with Gasteiger partial charge in [0.1, 0.15) is 0 Å². The minimum Gasteiger partial charge on any atom is -0.258 e. The number of hydrogen-bond acceptors (Lipinski definition) is 3. The molecular weight excluding hydrogens is 275 g/mol. The molecule has 0 bridgehead atoms. The minimum absolute atomic E-state index is 0.285. The molecule has 0 amide bonds.